The summed E-state index contributed by atoms with van der Waals surface area (Å²) < 4.78 is 12.4. The maximum atomic E-state index is 12.4. The summed E-state index contributed by atoms with van der Waals surface area (Å²) in [6.07, 6.45) is 0. The first-order chi connectivity index (χ1) is 4.74. The van der Waals surface area contributed by atoms with E-state index in [2.05, 4.69) is 0 Å². The molecule has 54 valence electrons. The van der Waals surface area contributed by atoms with E-state index in [0.717, 1.165) is 5.56 Å². The minimum absolute atomic E-state index is 0.0937. The lowest BCUT2D eigenvalue weighted by molar-refractivity contribution is 0.280. The Morgan fingerprint density at radius 2 is 2.20 bits per heavy atom. The lowest BCUT2D eigenvalue weighted by Crippen LogP contribution is -1.88. The van der Waals surface area contributed by atoms with Crippen molar-refractivity contribution in [3.63, 3.8) is 0 Å². The number of aliphatic hydroxyl groups excluding tert-OH is 1. The molecule has 1 nitrogen and oxygen atoms in total. The summed E-state index contributed by atoms with van der Waals surface area (Å²) in [5, 5.41) is 8.68. The minimum atomic E-state index is -0.297. The van der Waals surface area contributed by atoms with Gasteiger partial charge in [0.1, 0.15) is 5.82 Å². The Morgan fingerprint density at radius 1 is 1.50 bits per heavy atom. The van der Waals surface area contributed by atoms with E-state index in [1.807, 2.05) is 6.92 Å². The number of aryl methyl sites for hydroxylation is 1. The van der Waals surface area contributed by atoms with E-state index < -0.39 is 0 Å². The highest BCUT2D eigenvalue weighted by Crippen LogP contribution is 2.09. The second-order valence-corrected chi connectivity index (χ2v) is 2.23. The summed E-state index contributed by atoms with van der Waals surface area (Å²) in [5.74, 6) is -0.297. The molecule has 1 rings (SSSR count). The molecule has 0 saturated carbocycles. The highest BCUT2D eigenvalue weighted by molar-refractivity contribution is 5.25. The normalized spacial score (nSPS) is 9.90. The monoisotopic (exact) mass is 140 g/mol. The number of hydrogen-bond acceptors (Lipinski definition) is 1. The molecule has 1 aromatic carbocycles. The van der Waals surface area contributed by atoms with Crippen molar-refractivity contribution < 1.29 is 9.50 Å². The summed E-state index contributed by atoms with van der Waals surface area (Å²) in [4.78, 5) is 0. The predicted octanol–water partition coefficient (Wildman–Crippen LogP) is 1.63. The number of halogens is 1. The molecule has 0 saturated heterocycles. The average molecular weight is 140 g/mol. The molecule has 0 aliphatic rings. The zero-order valence-electron chi connectivity index (χ0n) is 5.76. The van der Waals surface area contributed by atoms with Crippen molar-refractivity contribution in [3.8, 4) is 0 Å². The van der Waals surface area contributed by atoms with Gasteiger partial charge in [-0.3, -0.25) is 0 Å². The summed E-state index contributed by atoms with van der Waals surface area (Å²) in [5.41, 5.74) is 1.57. The van der Waals surface area contributed by atoms with E-state index >= 15 is 0 Å². The SMILES string of the molecule is Cc1ccc(F)cc1CO. The van der Waals surface area contributed by atoms with Gasteiger partial charge in [0.05, 0.1) is 6.61 Å². The molecule has 0 spiro atoms. The van der Waals surface area contributed by atoms with Crippen molar-refractivity contribution in [2.75, 3.05) is 0 Å². The number of hydrogen-bond donors (Lipinski definition) is 1. The molecule has 0 atom stereocenters. The predicted molar refractivity (Wildman–Crippen MR) is 37.1 cm³/mol. The molecule has 0 aliphatic carbocycles. The van der Waals surface area contributed by atoms with Gasteiger partial charge in [0, 0.05) is 0 Å². The molecule has 0 unspecified atom stereocenters. The Bertz CT molecular complexity index is 233. The molecular weight excluding hydrogens is 131 g/mol. The van der Waals surface area contributed by atoms with Crippen LogP contribution in [0.5, 0.6) is 0 Å². The maximum absolute atomic E-state index is 12.4. The van der Waals surface area contributed by atoms with Crippen LogP contribution in [0.3, 0.4) is 0 Å². The van der Waals surface area contributed by atoms with Gasteiger partial charge in [0.2, 0.25) is 0 Å². The number of aliphatic hydroxyl groups is 1. The van der Waals surface area contributed by atoms with E-state index in [0.29, 0.717) is 5.56 Å². The van der Waals surface area contributed by atoms with E-state index in [-0.39, 0.29) is 12.4 Å². The highest BCUT2D eigenvalue weighted by Gasteiger charge is 1.96. The van der Waals surface area contributed by atoms with Crippen molar-refractivity contribution in [2.45, 2.75) is 13.5 Å². The van der Waals surface area contributed by atoms with E-state index in [9.17, 15) is 4.39 Å². The molecule has 1 N–H and O–H groups in total. The minimum Gasteiger partial charge on any atom is -0.392 e. The molecule has 0 aliphatic heterocycles. The molecule has 10 heavy (non-hydrogen) atoms. The van der Waals surface area contributed by atoms with Crippen LogP contribution in [0.15, 0.2) is 18.2 Å². The second-order valence-electron chi connectivity index (χ2n) is 2.23. The third kappa shape index (κ3) is 1.33. The standard InChI is InChI=1S/C8H9FO/c1-6-2-3-8(9)4-7(6)5-10/h2-4,10H,5H2,1H3. The fourth-order valence-electron chi connectivity index (χ4n) is 0.810. The number of rotatable bonds is 1. The van der Waals surface area contributed by atoms with Crippen LogP contribution in [0, 0.1) is 12.7 Å². The fourth-order valence-corrected chi connectivity index (χ4v) is 0.810. The van der Waals surface area contributed by atoms with Crippen LogP contribution in [0.4, 0.5) is 4.39 Å². The van der Waals surface area contributed by atoms with Crippen molar-refractivity contribution in [2.24, 2.45) is 0 Å². The third-order valence-corrected chi connectivity index (χ3v) is 1.48. The second kappa shape index (κ2) is 2.80. The Morgan fingerprint density at radius 3 is 2.70 bits per heavy atom. The van der Waals surface area contributed by atoms with E-state index in [4.69, 9.17) is 5.11 Å². The molecular formula is C8H9FO. The Labute approximate surface area is 59.1 Å². The van der Waals surface area contributed by atoms with Gasteiger partial charge in [0.25, 0.3) is 0 Å². The summed E-state index contributed by atoms with van der Waals surface area (Å²) in [6.45, 7) is 1.74. The third-order valence-electron chi connectivity index (χ3n) is 1.48. The smallest absolute Gasteiger partial charge is 0.123 e. The average Bonchev–Trinajstić information content (AvgIpc) is 1.94. The summed E-state index contributed by atoms with van der Waals surface area (Å²) in [6, 6.07) is 4.38. The van der Waals surface area contributed by atoms with E-state index in [1.54, 1.807) is 6.07 Å². The summed E-state index contributed by atoms with van der Waals surface area (Å²) in [7, 11) is 0. The van der Waals surface area contributed by atoms with Crippen LogP contribution in [-0.4, -0.2) is 5.11 Å². The fraction of sp³-hybridized carbons (Fsp3) is 0.250. The van der Waals surface area contributed by atoms with Gasteiger partial charge in [-0.2, -0.15) is 0 Å². The van der Waals surface area contributed by atoms with Gasteiger partial charge in [-0.25, -0.2) is 4.39 Å². The van der Waals surface area contributed by atoms with Gasteiger partial charge in [-0.15, -0.1) is 0 Å². The maximum Gasteiger partial charge on any atom is 0.123 e. The Hall–Kier alpha value is -0.890. The Balaban J connectivity index is 3.09. The summed E-state index contributed by atoms with van der Waals surface area (Å²) >= 11 is 0. The first-order valence-electron chi connectivity index (χ1n) is 3.10. The molecule has 0 radical (unpaired) electrons. The van der Waals surface area contributed by atoms with Gasteiger partial charge in [-0.05, 0) is 30.2 Å². The topological polar surface area (TPSA) is 20.2 Å². The van der Waals surface area contributed by atoms with Crippen LogP contribution >= 0.6 is 0 Å². The quantitative estimate of drug-likeness (QED) is 0.628. The molecule has 0 heterocycles. The molecule has 2 heteroatoms. The van der Waals surface area contributed by atoms with Crippen molar-refractivity contribution in [1.29, 1.82) is 0 Å². The zero-order valence-corrected chi connectivity index (χ0v) is 5.76. The largest absolute Gasteiger partial charge is 0.392 e. The highest BCUT2D eigenvalue weighted by atomic mass is 19.1. The van der Waals surface area contributed by atoms with Crippen LogP contribution < -0.4 is 0 Å². The molecule has 0 fully saturated rings. The van der Waals surface area contributed by atoms with Crippen molar-refractivity contribution in [1.82, 2.24) is 0 Å². The van der Waals surface area contributed by atoms with Crippen LogP contribution in [0.25, 0.3) is 0 Å². The zero-order chi connectivity index (χ0) is 7.56. The Kier molecular flexibility index (Phi) is 2.02. The van der Waals surface area contributed by atoms with Crippen LogP contribution in [0.2, 0.25) is 0 Å². The van der Waals surface area contributed by atoms with Gasteiger partial charge < -0.3 is 5.11 Å². The molecule has 0 aromatic heterocycles. The molecule has 0 bridgehead atoms. The van der Waals surface area contributed by atoms with Crippen molar-refractivity contribution >= 4 is 0 Å². The first-order valence-corrected chi connectivity index (χ1v) is 3.10. The van der Waals surface area contributed by atoms with Crippen LogP contribution in [0.1, 0.15) is 11.1 Å². The van der Waals surface area contributed by atoms with Gasteiger partial charge >= 0.3 is 0 Å². The van der Waals surface area contributed by atoms with Gasteiger partial charge in [0.15, 0.2) is 0 Å². The molecule has 0 amide bonds. The molecule has 1 aromatic rings. The van der Waals surface area contributed by atoms with Gasteiger partial charge in [-0.1, -0.05) is 6.07 Å². The van der Waals surface area contributed by atoms with Crippen molar-refractivity contribution in [3.05, 3.63) is 35.1 Å². The number of benzene rings is 1. The lowest BCUT2D eigenvalue weighted by Gasteiger charge is -1.99. The lowest BCUT2D eigenvalue weighted by atomic mass is 10.1. The van der Waals surface area contributed by atoms with E-state index in [1.165, 1.54) is 12.1 Å². The van der Waals surface area contributed by atoms with Crippen LogP contribution in [-0.2, 0) is 6.61 Å². The first kappa shape index (κ1) is 7.22.